The Kier molecular flexibility index (Phi) is 30.2. The normalized spacial score (nSPS) is 17.1. The lowest BCUT2D eigenvalue weighted by Crippen LogP contribution is -2.31. The van der Waals surface area contributed by atoms with Gasteiger partial charge in [0.05, 0.1) is 52.5 Å². The smallest absolute Gasteiger partial charge is 0.331 e. The van der Waals surface area contributed by atoms with Crippen molar-refractivity contribution in [2.75, 3.05) is 19.5 Å². The van der Waals surface area contributed by atoms with Crippen LogP contribution >= 0.6 is 34.7 Å². The molecule has 0 bridgehead atoms. The van der Waals surface area contributed by atoms with Crippen LogP contribution in [0.2, 0.25) is 0 Å². The number of nitriles is 4. The van der Waals surface area contributed by atoms with E-state index in [2.05, 4.69) is 10.8 Å². The average Bonchev–Trinajstić information content (AvgIpc) is 3.69. The van der Waals surface area contributed by atoms with Crippen LogP contribution in [0, 0.1) is 69.0 Å². The molecule has 5 rings (SSSR count). The van der Waals surface area contributed by atoms with Crippen LogP contribution in [0.1, 0.15) is 189 Å². The zero-order chi connectivity index (χ0) is 46.3. The first-order valence-corrected chi connectivity index (χ1v) is 24.6. The van der Waals surface area contributed by atoms with E-state index in [1.807, 2.05) is 12.3 Å². The van der Waals surface area contributed by atoms with Crippen molar-refractivity contribution in [3.63, 3.8) is 0 Å². The van der Waals surface area contributed by atoms with E-state index in [1.165, 1.54) is 69.1 Å². The second kappa shape index (κ2) is 33.5. The van der Waals surface area contributed by atoms with E-state index in [0.717, 1.165) is 90.8 Å². The highest BCUT2D eigenvalue weighted by atomic mass is 35.5. The number of carbonyl (C=O) groups is 6. The van der Waals surface area contributed by atoms with Crippen molar-refractivity contribution >= 4 is 69.2 Å². The standard InChI is InChI=1S/C14H17NOS2.C12H17NO3.C9H13NO.C7H11ClO.C5H7NO2/c1-9(16)13-12(10-6-4-3-5-7-10)11(8-15)14(17-2)18-13;1-2-16-12(15)10(8-13)11(14)9-6-4-3-5-7-9;10-7-6-9(11)8-4-2-1-3-5-8;8-7(9)6-4-2-1-3-5-6;1-2-8-5(7)3-4-6/h10H,3-7H2,1-2H3;9-10H,2-7H2,1H3;8H,1-6H2;6H,1-5H2;2-3H2,1H3. The molecule has 0 aromatic carbocycles. The molecular weight excluding hydrogens is 848 g/mol. The van der Waals surface area contributed by atoms with Gasteiger partial charge in [-0.15, -0.1) is 23.1 Å². The molecule has 0 amide bonds. The van der Waals surface area contributed by atoms with Crippen molar-refractivity contribution in [1.29, 1.82) is 21.0 Å². The number of nitrogens with zero attached hydrogens (tertiary/aromatic N) is 4. The third kappa shape index (κ3) is 20.9. The van der Waals surface area contributed by atoms with Gasteiger partial charge >= 0.3 is 11.9 Å². The number of thioether (sulfide) groups is 1. The Morgan fingerprint density at radius 2 is 1.16 bits per heavy atom. The summed E-state index contributed by atoms with van der Waals surface area (Å²) in [5.41, 5.74) is 1.82. The summed E-state index contributed by atoms with van der Waals surface area (Å²) in [5, 5.41) is 34.3. The number of ether oxygens (including phenoxy) is 2. The summed E-state index contributed by atoms with van der Waals surface area (Å²) in [6.45, 7) is 5.53. The summed E-state index contributed by atoms with van der Waals surface area (Å²) < 4.78 is 10.1. The highest BCUT2D eigenvalue weighted by Gasteiger charge is 2.34. The van der Waals surface area contributed by atoms with Crippen LogP contribution in [-0.4, -0.2) is 54.0 Å². The van der Waals surface area contributed by atoms with Crippen LogP contribution in [-0.2, 0) is 33.4 Å². The summed E-state index contributed by atoms with van der Waals surface area (Å²) in [7, 11) is 0. The van der Waals surface area contributed by atoms with Gasteiger partial charge in [-0.1, -0.05) is 77.0 Å². The predicted octanol–water partition coefficient (Wildman–Crippen LogP) is 11.3. The van der Waals surface area contributed by atoms with E-state index in [4.69, 9.17) is 32.1 Å². The van der Waals surface area contributed by atoms with Gasteiger partial charge in [0.15, 0.2) is 11.6 Å². The van der Waals surface area contributed by atoms with Gasteiger partial charge in [0.25, 0.3) is 0 Å². The summed E-state index contributed by atoms with van der Waals surface area (Å²) in [6, 6.07) is 7.68. The Bertz CT molecular complexity index is 1750. The van der Waals surface area contributed by atoms with Crippen molar-refractivity contribution in [3.8, 4) is 24.3 Å². The van der Waals surface area contributed by atoms with Crippen molar-refractivity contribution in [2.45, 2.75) is 172 Å². The molecule has 15 heteroatoms. The summed E-state index contributed by atoms with van der Waals surface area (Å²) in [6.07, 6.45) is 24.0. The second-order valence-electron chi connectivity index (χ2n) is 15.7. The molecule has 0 spiro atoms. The molecule has 4 fully saturated rings. The molecule has 0 aliphatic heterocycles. The van der Waals surface area contributed by atoms with E-state index in [0.29, 0.717) is 12.5 Å². The molecule has 0 saturated heterocycles. The maximum atomic E-state index is 11.9. The fourth-order valence-electron chi connectivity index (χ4n) is 8.05. The molecule has 12 nitrogen and oxygen atoms in total. The van der Waals surface area contributed by atoms with Gasteiger partial charge in [-0.05, 0) is 101 Å². The van der Waals surface area contributed by atoms with E-state index in [1.54, 1.807) is 44.7 Å². The van der Waals surface area contributed by atoms with Gasteiger partial charge in [-0.3, -0.25) is 28.8 Å². The molecule has 0 radical (unpaired) electrons. The molecule has 1 atom stereocenters. The molecule has 62 heavy (non-hydrogen) atoms. The van der Waals surface area contributed by atoms with Crippen molar-refractivity contribution in [1.82, 2.24) is 0 Å². The Labute approximate surface area is 382 Å². The number of thiophene rings is 1. The monoisotopic (exact) mass is 912 g/mol. The van der Waals surface area contributed by atoms with Crippen molar-refractivity contribution in [2.24, 2.45) is 23.7 Å². The lowest BCUT2D eigenvalue weighted by atomic mass is 9.82. The zero-order valence-electron chi connectivity index (χ0n) is 37.1. The van der Waals surface area contributed by atoms with Gasteiger partial charge in [0.2, 0.25) is 11.2 Å². The fraction of sp³-hybridized carbons (Fsp3) is 0.702. The first-order valence-electron chi connectivity index (χ1n) is 22.2. The topological polar surface area (TPSA) is 216 Å². The molecule has 4 aliphatic carbocycles. The Morgan fingerprint density at radius 1 is 0.694 bits per heavy atom. The number of rotatable bonds is 12. The average molecular weight is 914 g/mol. The van der Waals surface area contributed by atoms with Crippen LogP contribution in [0.5, 0.6) is 0 Å². The largest absolute Gasteiger partial charge is 0.465 e. The third-order valence-corrected chi connectivity index (χ3v) is 14.0. The molecule has 1 aromatic heterocycles. The quantitative estimate of drug-likeness (QED) is 0.0627. The SMILES string of the molecule is CCOC(=O)C(C#N)C(=O)C1CCCCC1.CCOC(=O)CC#N.CSc1sc(C(C)=O)c(C2CCCCC2)c1C#N.N#CCC(=O)C1CCCCC1.O=C(Cl)C1CCCCC1. The summed E-state index contributed by atoms with van der Waals surface area (Å²) in [4.78, 5) is 67.9. The number of esters is 2. The Morgan fingerprint density at radius 3 is 1.55 bits per heavy atom. The highest BCUT2D eigenvalue weighted by Crippen LogP contribution is 2.44. The number of ketones is 3. The number of halogens is 1. The first kappa shape index (κ1) is 55.9. The minimum atomic E-state index is -1.22. The van der Waals surface area contributed by atoms with Crippen LogP contribution in [0.15, 0.2) is 4.21 Å². The van der Waals surface area contributed by atoms with Gasteiger partial charge in [-0.25, -0.2) is 0 Å². The first-order chi connectivity index (χ1) is 29.8. The van der Waals surface area contributed by atoms with Crippen LogP contribution in [0.4, 0.5) is 0 Å². The number of Topliss-reactive ketones (excluding diaryl/α,β-unsaturated/α-hetero) is 3. The number of carbonyl (C=O) groups excluding carboxylic acids is 6. The lowest BCUT2D eigenvalue weighted by Gasteiger charge is -2.22. The van der Waals surface area contributed by atoms with E-state index < -0.39 is 17.9 Å². The second-order valence-corrected chi connectivity index (χ2v) is 18.1. The predicted molar refractivity (Wildman–Crippen MR) is 240 cm³/mol. The lowest BCUT2D eigenvalue weighted by molar-refractivity contribution is -0.150. The molecule has 0 N–H and O–H groups in total. The molecule has 1 unspecified atom stereocenters. The minimum Gasteiger partial charge on any atom is -0.465 e. The molecule has 4 saturated carbocycles. The number of hydrogen-bond acceptors (Lipinski definition) is 14. The van der Waals surface area contributed by atoms with E-state index in [9.17, 15) is 34.0 Å². The summed E-state index contributed by atoms with van der Waals surface area (Å²) in [5.74, 6) is -1.65. The zero-order valence-corrected chi connectivity index (χ0v) is 39.5. The molecule has 1 heterocycles. The number of hydrogen-bond donors (Lipinski definition) is 0. The molecule has 340 valence electrons. The van der Waals surface area contributed by atoms with Crippen LogP contribution in [0.25, 0.3) is 0 Å². The van der Waals surface area contributed by atoms with Gasteiger partial charge in [-0.2, -0.15) is 21.0 Å². The summed E-state index contributed by atoms with van der Waals surface area (Å²) >= 11 is 8.40. The van der Waals surface area contributed by atoms with Gasteiger partial charge in [0, 0.05) is 17.8 Å². The van der Waals surface area contributed by atoms with Gasteiger partial charge < -0.3 is 9.47 Å². The Hall–Kier alpha value is -4.08. The molecular formula is C47H65ClN4O8S2. The maximum absolute atomic E-state index is 11.9. The van der Waals surface area contributed by atoms with E-state index in [-0.39, 0.29) is 59.8 Å². The van der Waals surface area contributed by atoms with E-state index >= 15 is 0 Å². The molecule has 1 aromatic rings. The Balaban J connectivity index is 0.000000401. The molecule has 4 aliphatic rings. The van der Waals surface area contributed by atoms with Crippen molar-refractivity contribution < 1.29 is 38.2 Å². The maximum Gasteiger partial charge on any atom is 0.331 e. The van der Waals surface area contributed by atoms with Crippen LogP contribution in [0.3, 0.4) is 0 Å². The third-order valence-electron chi connectivity index (χ3n) is 11.3. The minimum absolute atomic E-state index is 0.109. The van der Waals surface area contributed by atoms with Gasteiger partial charge in [0.1, 0.15) is 18.3 Å². The van der Waals surface area contributed by atoms with Crippen molar-refractivity contribution in [3.05, 3.63) is 16.0 Å². The fourth-order valence-corrected chi connectivity index (χ4v) is 10.2. The highest BCUT2D eigenvalue weighted by molar-refractivity contribution is 8.00. The van der Waals surface area contributed by atoms with Crippen LogP contribution < -0.4 is 0 Å².